The van der Waals surface area contributed by atoms with Crippen molar-refractivity contribution < 1.29 is 32.6 Å². The fraction of sp³-hybridized carbons (Fsp3) is 0.387. The molecule has 1 unspecified atom stereocenters. The minimum absolute atomic E-state index is 0.000955. The first kappa shape index (κ1) is 34.4. The van der Waals surface area contributed by atoms with E-state index in [4.69, 9.17) is 4.74 Å². The summed E-state index contributed by atoms with van der Waals surface area (Å²) in [6, 6.07) is 12.3. The van der Waals surface area contributed by atoms with Gasteiger partial charge in [-0.3, -0.25) is 14.6 Å². The van der Waals surface area contributed by atoms with Crippen LogP contribution in [0.2, 0.25) is 0 Å². The molecule has 3 heterocycles. The van der Waals surface area contributed by atoms with Gasteiger partial charge >= 0.3 is 6.09 Å². The summed E-state index contributed by atoms with van der Waals surface area (Å²) in [5.41, 5.74) is 2.97. The zero-order valence-corrected chi connectivity index (χ0v) is 28.2. The molecular formula is C31H36N6O7S3. The van der Waals surface area contributed by atoms with Gasteiger partial charge in [0.05, 0.1) is 37.6 Å². The molecule has 1 saturated heterocycles. The maximum Gasteiger partial charge on any atom is 0.407 e. The maximum absolute atomic E-state index is 14.0. The average molecular weight is 701 g/mol. The number of aromatic nitrogens is 2. The highest BCUT2D eigenvalue weighted by molar-refractivity contribution is 7.89. The number of ether oxygens (including phenoxy) is 1. The van der Waals surface area contributed by atoms with Crippen molar-refractivity contribution in [2.75, 3.05) is 18.4 Å². The fourth-order valence-corrected chi connectivity index (χ4v) is 8.22. The Balaban J connectivity index is 1.33. The standard InChI is InChI=1S/C31H36N6O7S3/c1-19(2)15-37(16-26(38)25(12-20-6-4-3-5-7-20)35-31(41)44-17-21-14-32-18-45-21)47(42,43)22-8-9-23-27(13-22)46-30(34-23)36-29(40)24-10-11-28(39)33-24/h3-9,13-14,18-19,24-26,38H,10-12,15-17H2,1-2H3,(H,33,39)(H,35,41)(H,34,36,40)/t24?,25-,26+/m0/s1. The second kappa shape index (κ2) is 15.3. The molecule has 3 atom stereocenters. The SMILES string of the molecule is CC(C)CN(C[C@@H](O)[C@H](Cc1ccccc1)NC(=O)OCc1cncs1)S(=O)(=O)c1ccc2nc(NC(=O)C3CCC(=O)N3)sc2c1. The molecule has 3 amide bonds. The lowest BCUT2D eigenvalue weighted by Gasteiger charge is -2.30. The summed E-state index contributed by atoms with van der Waals surface area (Å²) in [7, 11) is -4.12. The van der Waals surface area contributed by atoms with Crippen LogP contribution in [0.25, 0.3) is 10.2 Å². The van der Waals surface area contributed by atoms with Crippen molar-refractivity contribution in [2.24, 2.45) is 5.92 Å². The number of fused-ring (bicyclic) bond motifs is 1. The summed E-state index contributed by atoms with van der Waals surface area (Å²) in [4.78, 5) is 45.9. The first-order valence-corrected chi connectivity index (χ1v) is 18.1. The lowest BCUT2D eigenvalue weighted by molar-refractivity contribution is -0.122. The Kier molecular flexibility index (Phi) is 11.2. The van der Waals surface area contributed by atoms with Crippen molar-refractivity contribution in [2.45, 2.75) is 62.8 Å². The van der Waals surface area contributed by atoms with Gasteiger partial charge in [-0.1, -0.05) is 55.5 Å². The highest BCUT2D eigenvalue weighted by atomic mass is 32.2. The average Bonchev–Trinajstić information content (AvgIpc) is 3.80. The largest absolute Gasteiger partial charge is 0.444 e. The van der Waals surface area contributed by atoms with E-state index in [1.54, 1.807) is 17.8 Å². The summed E-state index contributed by atoms with van der Waals surface area (Å²) in [6.45, 7) is 3.59. The Hall–Kier alpha value is -3.96. The van der Waals surface area contributed by atoms with E-state index in [2.05, 4.69) is 25.9 Å². The van der Waals surface area contributed by atoms with E-state index >= 15 is 0 Å². The highest BCUT2D eigenvalue weighted by Gasteiger charge is 2.32. The predicted molar refractivity (Wildman–Crippen MR) is 178 cm³/mol. The second-order valence-electron chi connectivity index (χ2n) is 11.6. The first-order chi connectivity index (χ1) is 22.5. The van der Waals surface area contributed by atoms with Crippen LogP contribution < -0.4 is 16.0 Å². The van der Waals surface area contributed by atoms with Gasteiger partial charge in [0, 0.05) is 25.7 Å². The molecule has 47 heavy (non-hydrogen) atoms. The van der Waals surface area contributed by atoms with Crippen molar-refractivity contribution in [3.8, 4) is 0 Å². The van der Waals surface area contributed by atoms with Crippen molar-refractivity contribution in [1.29, 1.82) is 0 Å². The molecule has 13 nitrogen and oxygen atoms in total. The smallest absolute Gasteiger partial charge is 0.407 e. The molecule has 2 aromatic heterocycles. The highest BCUT2D eigenvalue weighted by Crippen LogP contribution is 2.30. The summed E-state index contributed by atoms with van der Waals surface area (Å²) in [6.07, 6.45) is 0.474. The monoisotopic (exact) mass is 700 g/mol. The number of alkyl carbamates (subject to hydrolysis) is 1. The molecule has 1 aliphatic rings. The van der Waals surface area contributed by atoms with E-state index in [-0.39, 0.29) is 60.3 Å². The molecule has 0 aliphatic carbocycles. The van der Waals surface area contributed by atoms with Crippen LogP contribution in [-0.2, 0) is 37.4 Å². The zero-order chi connectivity index (χ0) is 33.6. The third-order valence-electron chi connectivity index (χ3n) is 7.39. The Morgan fingerprint density at radius 3 is 2.64 bits per heavy atom. The molecule has 0 radical (unpaired) electrons. The van der Waals surface area contributed by atoms with E-state index in [0.717, 1.165) is 21.8 Å². The number of aliphatic hydroxyl groups excluding tert-OH is 1. The second-order valence-corrected chi connectivity index (χ2v) is 15.5. The van der Waals surface area contributed by atoms with E-state index in [1.165, 1.54) is 27.8 Å². The van der Waals surface area contributed by atoms with Crippen LogP contribution in [-0.4, -0.2) is 77.0 Å². The molecule has 1 fully saturated rings. The molecule has 2 aromatic carbocycles. The van der Waals surface area contributed by atoms with E-state index in [0.29, 0.717) is 16.6 Å². The van der Waals surface area contributed by atoms with Gasteiger partial charge in [-0.05, 0) is 42.5 Å². The number of benzene rings is 2. The van der Waals surface area contributed by atoms with Gasteiger partial charge in [0.2, 0.25) is 21.8 Å². The van der Waals surface area contributed by atoms with Gasteiger partial charge in [-0.2, -0.15) is 4.31 Å². The molecule has 5 rings (SSSR count). The molecular weight excluding hydrogens is 665 g/mol. The predicted octanol–water partition coefficient (Wildman–Crippen LogP) is 3.52. The number of thiazole rings is 2. The molecule has 0 bridgehead atoms. The van der Waals surface area contributed by atoms with Crippen molar-refractivity contribution in [3.63, 3.8) is 0 Å². The van der Waals surface area contributed by atoms with Crippen molar-refractivity contribution >= 4 is 66.0 Å². The number of nitrogens with zero attached hydrogens (tertiary/aromatic N) is 3. The van der Waals surface area contributed by atoms with Crippen LogP contribution in [0, 0.1) is 5.92 Å². The van der Waals surface area contributed by atoms with Crippen molar-refractivity contribution in [3.05, 3.63) is 70.7 Å². The normalized spacial score (nSPS) is 16.3. The van der Waals surface area contributed by atoms with Gasteiger partial charge in [0.15, 0.2) is 5.13 Å². The molecule has 4 aromatic rings. The molecule has 0 spiro atoms. The van der Waals surface area contributed by atoms with E-state index < -0.39 is 34.3 Å². The van der Waals surface area contributed by atoms with Crippen LogP contribution in [0.1, 0.15) is 37.1 Å². The Labute approximate surface area is 280 Å². The van der Waals surface area contributed by atoms with Gasteiger partial charge in [0.25, 0.3) is 0 Å². The summed E-state index contributed by atoms with van der Waals surface area (Å²) >= 11 is 2.46. The summed E-state index contributed by atoms with van der Waals surface area (Å²) in [5, 5.41) is 19.8. The van der Waals surface area contributed by atoms with Gasteiger partial charge < -0.3 is 25.8 Å². The quantitative estimate of drug-likeness (QED) is 0.153. The lowest BCUT2D eigenvalue weighted by atomic mass is 10.0. The zero-order valence-electron chi connectivity index (χ0n) is 25.8. The van der Waals surface area contributed by atoms with E-state index in [9.17, 15) is 27.9 Å². The number of anilines is 1. The number of amides is 3. The fourth-order valence-electron chi connectivity index (χ4n) is 5.08. The maximum atomic E-state index is 14.0. The topological polar surface area (TPSA) is 180 Å². The number of carbonyl (C=O) groups is 3. The summed E-state index contributed by atoms with van der Waals surface area (Å²) < 4.78 is 35.2. The van der Waals surface area contributed by atoms with Gasteiger partial charge in [-0.15, -0.1) is 11.3 Å². The number of hydrogen-bond donors (Lipinski definition) is 4. The van der Waals surface area contributed by atoms with Crippen molar-refractivity contribution in [1.82, 2.24) is 24.9 Å². The number of aliphatic hydroxyl groups is 1. The Morgan fingerprint density at radius 1 is 1.17 bits per heavy atom. The van der Waals surface area contributed by atoms with Crippen LogP contribution in [0.3, 0.4) is 0 Å². The van der Waals surface area contributed by atoms with Crippen LogP contribution in [0.5, 0.6) is 0 Å². The molecule has 1 aliphatic heterocycles. The number of hydrogen-bond acceptors (Lipinski definition) is 11. The van der Waals surface area contributed by atoms with Gasteiger partial charge in [0.1, 0.15) is 12.6 Å². The van der Waals surface area contributed by atoms with Gasteiger partial charge in [-0.25, -0.2) is 18.2 Å². The lowest BCUT2D eigenvalue weighted by Crippen LogP contribution is -2.51. The Morgan fingerprint density at radius 2 is 1.96 bits per heavy atom. The van der Waals surface area contributed by atoms with Crippen LogP contribution >= 0.6 is 22.7 Å². The van der Waals surface area contributed by atoms with Crippen LogP contribution in [0.15, 0.2) is 65.1 Å². The van der Waals surface area contributed by atoms with Crippen LogP contribution in [0.4, 0.5) is 9.93 Å². The number of carbonyl (C=O) groups excluding carboxylic acids is 3. The number of rotatable bonds is 14. The van der Waals surface area contributed by atoms with E-state index in [1.807, 2.05) is 44.2 Å². The third-order valence-corrected chi connectivity index (χ3v) is 10.9. The molecule has 0 saturated carbocycles. The minimum atomic E-state index is -4.12. The number of sulfonamides is 1. The molecule has 250 valence electrons. The third kappa shape index (κ3) is 9.10. The summed E-state index contributed by atoms with van der Waals surface area (Å²) in [5.74, 6) is -0.646. The molecule has 16 heteroatoms. The first-order valence-electron chi connectivity index (χ1n) is 15.0. The number of nitrogens with one attached hydrogen (secondary N) is 3. The minimum Gasteiger partial charge on any atom is -0.444 e. The molecule has 4 N–H and O–H groups in total. The Bertz CT molecular complexity index is 1800.